The van der Waals surface area contributed by atoms with Crippen molar-refractivity contribution >= 4 is 11.7 Å². The smallest absolute Gasteiger partial charge is 0.248 e. The maximum Gasteiger partial charge on any atom is 0.248 e. The number of piperidine rings is 1. The van der Waals surface area contributed by atoms with Crippen LogP contribution in [0.4, 0.5) is 14.6 Å². The fourth-order valence-electron chi connectivity index (χ4n) is 4.37. The summed E-state index contributed by atoms with van der Waals surface area (Å²) in [6.45, 7) is 1.43. The Hall–Kier alpha value is -1.79. The van der Waals surface area contributed by atoms with Crippen LogP contribution < -0.4 is 4.90 Å². The fraction of sp³-hybridized carbons (Fsp3) is 0.737. The highest BCUT2D eigenvalue weighted by molar-refractivity contribution is 5.79. The number of carbonyl (C=O) groups is 1. The first-order valence-corrected chi connectivity index (χ1v) is 9.74. The molecule has 7 heteroatoms. The number of halogens is 2. The number of rotatable bonds is 4. The summed E-state index contributed by atoms with van der Waals surface area (Å²) in [4.78, 5) is 25.4. The van der Waals surface area contributed by atoms with E-state index in [1.165, 1.54) is 12.8 Å². The minimum Gasteiger partial charge on any atom is -0.350 e. The van der Waals surface area contributed by atoms with E-state index in [4.69, 9.17) is 0 Å². The minimum absolute atomic E-state index is 0.0824. The van der Waals surface area contributed by atoms with Crippen LogP contribution in [0.3, 0.4) is 0 Å². The van der Waals surface area contributed by atoms with E-state index >= 15 is 0 Å². The van der Waals surface area contributed by atoms with Crippen molar-refractivity contribution in [3.63, 3.8) is 0 Å². The van der Waals surface area contributed by atoms with E-state index in [0.717, 1.165) is 18.7 Å². The average Bonchev–Trinajstić information content (AvgIpc) is 3.48. The number of carbonyl (C=O) groups excluding carboxylic acids is 1. The van der Waals surface area contributed by atoms with Gasteiger partial charge in [-0.25, -0.2) is 18.7 Å². The summed E-state index contributed by atoms with van der Waals surface area (Å²) in [5.74, 6) is -1.74. The summed E-state index contributed by atoms with van der Waals surface area (Å²) in [6, 6.07) is 2.90. The van der Waals surface area contributed by atoms with Crippen molar-refractivity contribution < 1.29 is 13.6 Å². The molecule has 3 aliphatic rings. The zero-order valence-electron chi connectivity index (χ0n) is 15.0. The predicted octanol–water partition coefficient (Wildman–Crippen LogP) is 3.26. The van der Waals surface area contributed by atoms with E-state index in [1.54, 1.807) is 12.5 Å². The highest BCUT2D eigenvalue weighted by Gasteiger charge is 2.41. The Morgan fingerprint density at radius 1 is 1.08 bits per heavy atom. The van der Waals surface area contributed by atoms with Crippen molar-refractivity contribution in [2.24, 2.45) is 5.92 Å². The standard InChI is InChI=1S/C19H26F2N4O/c20-19(21)8-3-14(4-9-19)18(26)24-11-6-16(7-12-24)25(15-1-2-15)17-5-10-22-13-23-17/h5,10,13-16H,1-4,6-9,11-12H2. The molecule has 2 saturated carbocycles. The fourth-order valence-corrected chi connectivity index (χ4v) is 4.37. The number of aromatic nitrogens is 2. The summed E-state index contributed by atoms with van der Waals surface area (Å²) in [5, 5.41) is 0. The molecule has 0 aromatic carbocycles. The molecule has 2 aliphatic carbocycles. The van der Waals surface area contributed by atoms with Gasteiger partial charge in [0.15, 0.2) is 0 Å². The van der Waals surface area contributed by atoms with Gasteiger partial charge in [0.25, 0.3) is 0 Å². The highest BCUT2D eigenvalue weighted by Crippen LogP contribution is 2.38. The molecule has 5 nitrogen and oxygen atoms in total. The molecule has 142 valence electrons. The molecule has 26 heavy (non-hydrogen) atoms. The Kier molecular flexibility index (Phi) is 4.80. The van der Waals surface area contributed by atoms with Crippen molar-refractivity contribution in [1.82, 2.24) is 14.9 Å². The van der Waals surface area contributed by atoms with Crippen molar-refractivity contribution in [1.29, 1.82) is 0 Å². The third kappa shape index (κ3) is 3.81. The summed E-state index contributed by atoms with van der Waals surface area (Å²) >= 11 is 0. The van der Waals surface area contributed by atoms with Crippen LogP contribution in [0.5, 0.6) is 0 Å². The third-order valence-corrected chi connectivity index (χ3v) is 6.01. The largest absolute Gasteiger partial charge is 0.350 e. The lowest BCUT2D eigenvalue weighted by Crippen LogP contribution is -2.49. The summed E-state index contributed by atoms with van der Waals surface area (Å²) < 4.78 is 26.7. The second-order valence-electron chi connectivity index (χ2n) is 7.89. The topological polar surface area (TPSA) is 49.3 Å². The predicted molar refractivity (Wildman–Crippen MR) is 94.0 cm³/mol. The molecule has 3 fully saturated rings. The molecule has 0 unspecified atom stereocenters. The van der Waals surface area contributed by atoms with Crippen LogP contribution in [-0.2, 0) is 4.79 Å². The molecular weight excluding hydrogens is 338 g/mol. The number of alkyl halides is 2. The lowest BCUT2D eigenvalue weighted by molar-refractivity contribution is -0.140. The van der Waals surface area contributed by atoms with Gasteiger partial charge in [-0.05, 0) is 44.6 Å². The van der Waals surface area contributed by atoms with Crippen molar-refractivity contribution in [3.8, 4) is 0 Å². The van der Waals surface area contributed by atoms with Gasteiger partial charge in [-0.15, -0.1) is 0 Å². The number of hydrogen-bond donors (Lipinski definition) is 0. The molecule has 1 aliphatic heterocycles. The summed E-state index contributed by atoms with van der Waals surface area (Å²) in [5.41, 5.74) is 0. The van der Waals surface area contributed by atoms with E-state index in [2.05, 4.69) is 14.9 Å². The molecule has 1 aromatic heterocycles. The van der Waals surface area contributed by atoms with E-state index in [0.29, 0.717) is 38.0 Å². The van der Waals surface area contributed by atoms with E-state index < -0.39 is 5.92 Å². The molecule has 0 bridgehead atoms. The molecule has 0 radical (unpaired) electrons. The molecule has 1 amide bonds. The van der Waals surface area contributed by atoms with E-state index in [1.807, 2.05) is 11.0 Å². The minimum atomic E-state index is -2.58. The van der Waals surface area contributed by atoms with Crippen molar-refractivity contribution in [2.45, 2.75) is 69.4 Å². The Labute approximate surface area is 152 Å². The second-order valence-corrected chi connectivity index (χ2v) is 7.89. The molecular formula is C19H26F2N4O. The molecule has 2 heterocycles. The van der Waals surface area contributed by atoms with Gasteiger partial charge >= 0.3 is 0 Å². The van der Waals surface area contributed by atoms with Crippen molar-refractivity contribution in [3.05, 3.63) is 18.6 Å². The average molecular weight is 364 g/mol. The third-order valence-electron chi connectivity index (χ3n) is 6.01. The van der Waals surface area contributed by atoms with Crippen LogP contribution in [0.25, 0.3) is 0 Å². The Morgan fingerprint density at radius 2 is 1.73 bits per heavy atom. The molecule has 1 aromatic rings. The Balaban J connectivity index is 1.34. The van der Waals surface area contributed by atoms with Gasteiger partial charge in [0.1, 0.15) is 12.1 Å². The SMILES string of the molecule is O=C(C1CCC(F)(F)CC1)N1CCC(N(c2ccncn2)C2CC2)CC1. The van der Waals surface area contributed by atoms with Crippen LogP contribution in [0.1, 0.15) is 51.4 Å². The number of nitrogens with zero attached hydrogens (tertiary/aromatic N) is 4. The quantitative estimate of drug-likeness (QED) is 0.823. The number of hydrogen-bond acceptors (Lipinski definition) is 4. The lowest BCUT2D eigenvalue weighted by Gasteiger charge is -2.41. The van der Waals surface area contributed by atoms with Crippen LogP contribution in [0, 0.1) is 5.92 Å². The monoisotopic (exact) mass is 364 g/mol. The van der Waals surface area contributed by atoms with Gasteiger partial charge in [0, 0.05) is 50.1 Å². The summed E-state index contributed by atoms with van der Waals surface area (Å²) in [6.07, 6.45) is 7.91. The van der Waals surface area contributed by atoms with Gasteiger partial charge in [-0.3, -0.25) is 4.79 Å². The van der Waals surface area contributed by atoms with Gasteiger partial charge in [0.05, 0.1) is 0 Å². The zero-order chi connectivity index (χ0) is 18.1. The second kappa shape index (κ2) is 7.08. The summed E-state index contributed by atoms with van der Waals surface area (Å²) in [7, 11) is 0. The van der Waals surface area contributed by atoms with E-state index in [9.17, 15) is 13.6 Å². The van der Waals surface area contributed by atoms with Crippen LogP contribution >= 0.6 is 0 Å². The number of amides is 1. The Bertz CT molecular complexity index is 620. The zero-order valence-corrected chi connectivity index (χ0v) is 15.0. The maximum atomic E-state index is 13.3. The van der Waals surface area contributed by atoms with E-state index in [-0.39, 0.29) is 24.7 Å². The normalized spacial score (nSPS) is 24.5. The van der Waals surface area contributed by atoms with Gasteiger partial charge in [-0.1, -0.05) is 0 Å². The molecule has 0 N–H and O–H groups in total. The number of anilines is 1. The molecule has 4 rings (SSSR count). The first-order chi connectivity index (χ1) is 12.5. The van der Waals surface area contributed by atoms with Crippen LogP contribution in [0.15, 0.2) is 18.6 Å². The lowest BCUT2D eigenvalue weighted by atomic mass is 9.85. The first-order valence-electron chi connectivity index (χ1n) is 9.74. The first kappa shape index (κ1) is 17.6. The van der Waals surface area contributed by atoms with Gasteiger partial charge in [-0.2, -0.15) is 0 Å². The van der Waals surface area contributed by atoms with Crippen molar-refractivity contribution in [2.75, 3.05) is 18.0 Å². The Morgan fingerprint density at radius 3 is 2.31 bits per heavy atom. The highest BCUT2D eigenvalue weighted by atomic mass is 19.3. The molecule has 0 spiro atoms. The van der Waals surface area contributed by atoms with Crippen LogP contribution in [0.2, 0.25) is 0 Å². The molecule has 1 saturated heterocycles. The van der Waals surface area contributed by atoms with Crippen LogP contribution in [-0.4, -0.2) is 51.9 Å². The van der Waals surface area contributed by atoms with Gasteiger partial charge < -0.3 is 9.80 Å². The van der Waals surface area contributed by atoms with Gasteiger partial charge in [0.2, 0.25) is 11.8 Å². The number of likely N-dealkylation sites (tertiary alicyclic amines) is 1. The molecule has 0 atom stereocenters. The maximum absolute atomic E-state index is 13.3.